The van der Waals surface area contributed by atoms with E-state index in [-0.39, 0.29) is 18.4 Å². The number of nitrogens with one attached hydrogen (secondary N) is 1. The molecule has 2 amide bonds. The average molecular weight is 410 g/mol. The van der Waals surface area contributed by atoms with Crippen LogP contribution in [-0.4, -0.2) is 42.4 Å². The Morgan fingerprint density at radius 1 is 1.10 bits per heavy atom. The number of carbonyl (C=O) groups is 2. The highest BCUT2D eigenvalue weighted by molar-refractivity contribution is 7.13. The molecule has 0 fully saturated rings. The van der Waals surface area contributed by atoms with Gasteiger partial charge >= 0.3 is 0 Å². The smallest absolute Gasteiger partial charge is 0.273 e. The SMILES string of the molecule is CCc1ccc(-c2nc(C(=O)N(C)CC(=O)Nc3ccc(OC)cc3)cs2)cc1. The lowest BCUT2D eigenvalue weighted by atomic mass is 10.1. The quantitative estimate of drug-likeness (QED) is 0.638. The van der Waals surface area contributed by atoms with Crippen LogP contribution < -0.4 is 10.1 Å². The molecule has 0 unspecified atom stereocenters. The molecule has 3 rings (SSSR count). The molecule has 3 aromatic rings. The van der Waals surface area contributed by atoms with Crippen molar-refractivity contribution in [3.05, 3.63) is 65.2 Å². The van der Waals surface area contributed by atoms with Crippen LogP contribution >= 0.6 is 11.3 Å². The van der Waals surface area contributed by atoms with Crippen LogP contribution in [0.25, 0.3) is 10.6 Å². The van der Waals surface area contributed by atoms with E-state index in [4.69, 9.17) is 4.74 Å². The summed E-state index contributed by atoms with van der Waals surface area (Å²) in [6.07, 6.45) is 0.977. The Kier molecular flexibility index (Phi) is 6.61. The first-order valence-corrected chi connectivity index (χ1v) is 10.1. The topological polar surface area (TPSA) is 71.5 Å². The summed E-state index contributed by atoms with van der Waals surface area (Å²) in [5.41, 5.74) is 3.21. The van der Waals surface area contributed by atoms with Gasteiger partial charge in [-0.25, -0.2) is 4.98 Å². The van der Waals surface area contributed by atoms with Crippen LogP contribution in [0.5, 0.6) is 5.75 Å². The highest BCUT2D eigenvalue weighted by Crippen LogP contribution is 2.24. The summed E-state index contributed by atoms with van der Waals surface area (Å²) >= 11 is 1.42. The highest BCUT2D eigenvalue weighted by atomic mass is 32.1. The predicted molar refractivity (Wildman–Crippen MR) is 116 cm³/mol. The molecule has 0 saturated carbocycles. The fourth-order valence-corrected chi connectivity index (χ4v) is 3.55. The van der Waals surface area contributed by atoms with Crippen molar-refractivity contribution in [2.75, 3.05) is 26.0 Å². The zero-order valence-corrected chi connectivity index (χ0v) is 17.5. The van der Waals surface area contributed by atoms with Gasteiger partial charge in [0.05, 0.1) is 13.7 Å². The summed E-state index contributed by atoms with van der Waals surface area (Å²) < 4.78 is 5.09. The van der Waals surface area contributed by atoms with Crippen LogP contribution in [0.4, 0.5) is 5.69 Å². The number of thiazole rings is 1. The molecule has 1 N–H and O–H groups in total. The first-order chi connectivity index (χ1) is 14.0. The Bertz CT molecular complexity index is 981. The molecule has 2 aromatic carbocycles. The maximum absolute atomic E-state index is 12.6. The average Bonchev–Trinajstić information content (AvgIpc) is 3.24. The van der Waals surface area contributed by atoms with E-state index in [1.807, 2.05) is 12.1 Å². The fraction of sp³-hybridized carbons (Fsp3) is 0.227. The minimum absolute atomic E-state index is 0.0665. The second-order valence-corrected chi connectivity index (χ2v) is 7.38. The number of rotatable bonds is 7. The molecule has 29 heavy (non-hydrogen) atoms. The number of hydrogen-bond donors (Lipinski definition) is 1. The van der Waals surface area contributed by atoms with Crippen LogP contribution in [0.2, 0.25) is 0 Å². The summed E-state index contributed by atoms with van der Waals surface area (Å²) in [7, 11) is 3.17. The van der Waals surface area contributed by atoms with E-state index >= 15 is 0 Å². The number of carbonyl (C=O) groups excluding carboxylic acids is 2. The summed E-state index contributed by atoms with van der Waals surface area (Å²) in [5.74, 6) is 0.137. The van der Waals surface area contributed by atoms with Crippen molar-refractivity contribution in [2.24, 2.45) is 0 Å². The molecule has 0 saturated heterocycles. The zero-order chi connectivity index (χ0) is 20.8. The van der Waals surface area contributed by atoms with Crippen molar-refractivity contribution >= 4 is 28.8 Å². The Hall–Kier alpha value is -3.19. The predicted octanol–water partition coefficient (Wildman–Crippen LogP) is 4.09. The standard InChI is InChI=1S/C22H23N3O3S/c1-4-15-5-7-16(8-6-15)21-24-19(14-29-21)22(27)25(2)13-20(26)23-17-9-11-18(28-3)12-10-17/h5-12,14H,4,13H2,1-3H3,(H,23,26). The number of anilines is 1. The van der Waals surface area contributed by atoms with E-state index < -0.39 is 0 Å². The lowest BCUT2D eigenvalue weighted by Crippen LogP contribution is -2.35. The fourth-order valence-electron chi connectivity index (χ4n) is 2.75. The van der Waals surface area contributed by atoms with Crippen molar-refractivity contribution in [1.29, 1.82) is 0 Å². The Morgan fingerprint density at radius 3 is 2.41 bits per heavy atom. The molecule has 0 aliphatic heterocycles. The lowest BCUT2D eigenvalue weighted by Gasteiger charge is -2.15. The molecular weight excluding hydrogens is 386 g/mol. The van der Waals surface area contributed by atoms with Gasteiger partial charge in [-0.1, -0.05) is 31.2 Å². The van der Waals surface area contributed by atoms with Gasteiger partial charge in [0, 0.05) is 23.7 Å². The number of benzene rings is 2. The summed E-state index contributed by atoms with van der Waals surface area (Å²) in [6, 6.07) is 15.2. The third-order valence-corrected chi connectivity index (χ3v) is 5.33. The largest absolute Gasteiger partial charge is 0.497 e. The van der Waals surface area contributed by atoms with Crippen molar-refractivity contribution in [3.63, 3.8) is 0 Å². The molecule has 150 valence electrons. The Morgan fingerprint density at radius 2 is 1.79 bits per heavy atom. The Labute approximate surface area is 174 Å². The van der Waals surface area contributed by atoms with Gasteiger partial charge in [-0.05, 0) is 36.2 Å². The summed E-state index contributed by atoms with van der Waals surface area (Å²) in [6.45, 7) is 2.04. The number of ether oxygens (including phenoxy) is 1. The van der Waals surface area contributed by atoms with E-state index in [0.29, 0.717) is 17.1 Å². The van der Waals surface area contributed by atoms with Gasteiger partial charge in [0.25, 0.3) is 5.91 Å². The van der Waals surface area contributed by atoms with E-state index in [9.17, 15) is 9.59 Å². The van der Waals surface area contributed by atoms with Crippen LogP contribution in [0.3, 0.4) is 0 Å². The van der Waals surface area contributed by atoms with Gasteiger partial charge in [0.15, 0.2) is 0 Å². The number of amides is 2. The molecule has 0 spiro atoms. The second kappa shape index (κ2) is 9.34. The van der Waals surface area contributed by atoms with Gasteiger partial charge < -0.3 is 15.0 Å². The number of nitrogens with zero attached hydrogens (tertiary/aromatic N) is 2. The number of methoxy groups -OCH3 is 1. The van der Waals surface area contributed by atoms with Crippen LogP contribution in [0, 0.1) is 0 Å². The van der Waals surface area contributed by atoms with Crippen LogP contribution in [0.15, 0.2) is 53.9 Å². The third-order valence-electron chi connectivity index (χ3n) is 4.43. The van der Waals surface area contributed by atoms with Gasteiger partial charge in [-0.2, -0.15) is 0 Å². The molecular formula is C22H23N3O3S. The third kappa shape index (κ3) is 5.20. The first-order valence-electron chi connectivity index (χ1n) is 9.24. The second-order valence-electron chi connectivity index (χ2n) is 6.53. The molecule has 6 nitrogen and oxygen atoms in total. The normalized spacial score (nSPS) is 10.4. The number of hydrogen-bond acceptors (Lipinski definition) is 5. The minimum atomic E-state index is -0.289. The van der Waals surface area contributed by atoms with Crippen LogP contribution in [-0.2, 0) is 11.2 Å². The van der Waals surface area contributed by atoms with Crippen LogP contribution in [0.1, 0.15) is 23.0 Å². The molecule has 0 atom stereocenters. The molecule has 0 bridgehead atoms. The number of aryl methyl sites for hydroxylation is 1. The molecule has 7 heteroatoms. The van der Waals surface area contributed by atoms with E-state index in [0.717, 1.165) is 17.0 Å². The van der Waals surface area contributed by atoms with Crippen molar-refractivity contribution in [3.8, 4) is 16.3 Å². The van der Waals surface area contributed by atoms with Crippen molar-refractivity contribution in [1.82, 2.24) is 9.88 Å². The van der Waals surface area contributed by atoms with Gasteiger partial charge in [-0.15, -0.1) is 11.3 Å². The molecule has 0 radical (unpaired) electrons. The molecule has 0 aliphatic carbocycles. The van der Waals surface area contributed by atoms with Gasteiger partial charge in [-0.3, -0.25) is 9.59 Å². The molecule has 0 aliphatic rings. The van der Waals surface area contributed by atoms with E-state index in [2.05, 4.69) is 29.4 Å². The summed E-state index contributed by atoms with van der Waals surface area (Å²) in [4.78, 5) is 30.7. The zero-order valence-electron chi connectivity index (χ0n) is 16.6. The lowest BCUT2D eigenvalue weighted by molar-refractivity contribution is -0.116. The molecule has 1 aromatic heterocycles. The van der Waals surface area contributed by atoms with Crippen molar-refractivity contribution in [2.45, 2.75) is 13.3 Å². The number of likely N-dealkylation sites (N-methyl/N-ethyl adjacent to an activating group) is 1. The first kappa shape index (κ1) is 20.5. The highest BCUT2D eigenvalue weighted by Gasteiger charge is 2.18. The summed E-state index contributed by atoms with van der Waals surface area (Å²) in [5, 5.41) is 5.28. The maximum Gasteiger partial charge on any atom is 0.273 e. The maximum atomic E-state index is 12.6. The number of aromatic nitrogens is 1. The monoisotopic (exact) mass is 409 g/mol. The van der Waals surface area contributed by atoms with E-state index in [1.165, 1.54) is 21.8 Å². The van der Waals surface area contributed by atoms with E-state index in [1.54, 1.807) is 43.8 Å². The van der Waals surface area contributed by atoms with Gasteiger partial charge in [0.1, 0.15) is 16.5 Å². The Balaban J connectivity index is 1.60. The van der Waals surface area contributed by atoms with Crippen molar-refractivity contribution < 1.29 is 14.3 Å². The minimum Gasteiger partial charge on any atom is -0.497 e. The molecule has 1 heterocycles. The van der Waals surface area contributed by atoms with Gasteiger partial charge in [0.2, 0.25) is 5.91 Å².